The molecular formula is C22H27N5O4. The number of carbonyl (C=O) groups is 2. The second-order valence-electron chi connectivity index (χ2n) is 8.13. The van der Waals surface area contributed by atoms with Gasteiger partial charge < -0.3 is 20.1 Å². The molecule has 1 aromatic carbocycles. The van der Waals surface area contributed by atoms with Crippen LogP contribution in [0.5, 0.6) is 5.75 Å². The highest BCUT2D eigenvalue weighted by Crippen LogP contribution is 2.27. The van der Waals surface area contributed by atoms with E-state index in [0.29, 0.717) is 36.9 Å². The van der Waals surface area contributed by atoms with Crippen molar-refractivity contribution in [3.05, 3.63) is 41.6 Å². The Kier molecular flexibility index (Phi) is 6.03. The maximum Gasteiger partial charge on any atom is 0.259 e. The summed E-state index contributed by atoms with van der Waals surface area (Å²) in [5.74, 6) is 0.962. The van der Waals surface area contributed by atoms with Crippen molar-refractivity contribution in [2.45, 2.75) is 38.8 Å². The molecule has 2 aromatic rings. The number of likely N-dealkylation sites (tertiary alicyclic amines) is 1. The van der Waals surface area contributed by atoms with E-state index in [-0.39, 0.29) is 30.9 Å². The van der Waals surface area contributed by atoms with Crippen molar-refractivity contribution in [1.29, 1.82) is 0 Å². The van der Waals surface area contributed by atoms with Crippen LogP contribution in [0.2, 0.25) is 0 Å². The summed E-state index contributed by atoms with van der Waals surface area (Å²) in [7, 11) is 0. The number of β-amino-alcohol motifs (C(OH)–C–C–N with tert-alkyl or cyclic N) is 1. The fourth-order valence-corrected chi connectivity index (χ4v) is 3.76. The normalized spacial score (nSPS) is 17.4. The van der Waals surface area contributed by atoms with Crippen LogP contribution >= 0.6 is 0 Å². The highest BCUT2D eigenvalue weighted by molar-refractivity contribution is 6.08. The maximum absolute atomic E-state index is 13.5. The molecule has 2 aliphatic rings. The molecule has 2 N–H and O–H groups in total. The van der Waals surface area contributed by atoms with Crippen LogP contribution in [0.3, 0.4) is 0 Å². The van der Waals surface area contributed by atoms with E-state index in [2.05, 4.69) is 15.3 Å². The SMILES string of the molecule is CC(C)Nc1nccc(N(CC(=O)N2CCC(O)C2)C(=O)c2ccc3c(c2)CCO3)n1. The number of fused-ring (bicyclic) bond motifs is 1. The lowest BCUT2D eigenvalue weighted by Gasteiger charge is -2.25. The van der Waals surface area contributed by atoms with E-state index in [1.54, 1.807) is 29.3 Å². The van der Waals surface area contributed by atoms with Gasteiger partial charge in [-0.15, -0.1) is 0 Å². The Morgan fingerprint density at radius 2 is 2.19 bits per heavy atom. The van der Waals surface area contributed by atoms with Gasteiger partial charge >= 0.3 is 0 Å². The van der Waals surface area contributed by atoms with Crippen molar-refractivity contribution in [2.75, 3.05) is 36.5 Å². The molecule has 1 atom stereocenters. The van der Waals surface area contributed by atoms with Crippen molar-refractivity contribution < 1.29 is 19.4 Å². The number of anilines is 2. The fraction of sp³-hybridized carbons (Fsp3) is 0.455. The number of amides is 2. The van der Waals surface area contributed by atoms with Crippen LogP contribution in [0.4, 0.5) is 11.8 Å². The van der Waals surface area contributed by atoms with E-state index in [1.165, 1.54) is 4.90 Å². The molecule has 0 aliphatic carbocycles. The fourth-order valence-electron chi connectivity index (χ4n) is 3.76. The van der Waals surface area contributed by atoms with Gasteiger partial charge in [-0.2, -0.15) is 4.98 Å². The van der Waals surface area contributed by atoms with Crippen molar-refractivity contribution >= 4 is 23.6 Å². The standard InChI is InChI=1S/C22H27N5O4/c1-14(2)24-22-23-8-5-19(25-22)27(13-20(29)26-9-6-17(28)12-26)21(30)16-3-4-18-15(11-16)7-10-31-18/h3-5,8,11,14,17,28H,6-7,9-10,12-13H2,1-2H3,(H,23,24,25). The van der Waals surface area contributed by atoms with E-state index in [9.17, 15) is 14.7 Å². The number of aliphatic hydroxyl groups is 1. The number of nitrogens with zero attached hydrogens (tertiary/aromatic N) is 4. The van der Waals surface area contributed by atoms with Crippen LogP contribution in [-0.4, -0.2) is 70.2 Å². The minimum Gasteiger partial charge on any atom is -0.493 e. The lowest BCUT2D eigenvalue weighted by atomic mass is 10.1. The van der Waals surface area contributed by atoms with Crippen molar-refractivity contribution in [1.82, 2.24) is 14.9 Å². The molecule has 0 saturated carbocycles. The number of ether oxygens (including phenoxy) is 1. The molecule has 2 amide bonds. The molecule has 31 heavy (non-hydrogen) atoms. The number of benzene rings is 1. The van der Waals surface area contributed by atoms with Crippen LogP contribution in [-0.2, 0) is 11.2 Å². The van der Waals surface area contributed by atoms with Gasteiger partial charge in [-0.25, -0.2) is 4.98 Å². The molecule has 9 nitrogen and oxygen atoms in total. The third kappa shape index (κ3) is 4.77. The van der Waals surface area contributed by atoms with Gasteiger partial charge in [0.1, 0.15) is 18.1 Å². The monoisotopic (exact) mass is 425 g/mol. The van der Waals surface area contributed by atoms with Gasteiger partial charge in [0.05, 0.1) is 12.7 Å². The molecule has 1 unspecified atom stereocenters. The summed E-state index contributed by atoms with van der Waals surface area (Å²) >= 11 is 0. The van der Waals surface area contributed by atoms with Gasteiger partial charge in [-0.05, 0) is 50.1 Å². The smallest absolute Gasteiger partial charge is 0.259 e. The predicted molar refractivity (Wildman–Crippen MR) is 115 cm³/mol. The van der Waals surface area contributed by atoms with Crippen LogP contribution < -0.4 is 15.0 Å². The molecule has 1 fully saturated rings. The molecule has 0 spiro atoms. The summed E-state index contributed by atoms with van der Waals surface area (Å²) < 4.78 is 5.53. The molecule has 164 valence electrons. The Morgan fingerprint density at radius 3 is 2.94 bits per heavy atom. The molecule has 0 bridgehead atoms. The quantitative estimate of drug-likeness (QED) is 0.722. The van der Waals surface area contributed by atoms with Gasteiger partial charge in [0.25, 0.3) is 5.91 Å². The predicted octanol–water partition coefficient (Wildman–Crippen LogP) is 1.47. The summed E-state index contributed by atoms with van der Waals surface area (Å²) in [5.41, 5.74) is 1.44. The number of carbonyl (C=O) groups excluding carboxylic acids is 2. The summed E-state index contributed by atoms with van der Waals surface area (Å²) in [5, 5.41) is 12.9. The number of aromatic nitrogens is 2. The van der Waals surface area contributed by atoms with Crippen LogP contribution in [0, 0.1) is 0 Å². The maximum atomic E-state index is 13.5. The minimum absolute atomic E-state index is 0.115. The van der Waals surface area contributed by atoms with Crippen LogP contribution in [0.1, 0.15) is 36.2 Å². The topological polar surface area (TPSA) is 108 Å². The summed E-state index contributed by atoms with van der Waals surface area (Å²) in [6.45, 7) is 5.12. The number of aliphatic hydroxyl groups excluding tert-OH is 1. The van der Waals surface area contributed by atoms with E-state index < -0.39 is 6.10 Å². The summed E-state index contributed by atoms with van der Waals surface area (Å²) in [6, 6.07) is 7.04. The lowest BCUT2D eigenvalue weighted by molar-refractivity contribution is -0.129. The molecule has 4 rings (SSSR count). The Hall–Kier alpha value is -3.20. The Bertz CT molecular complexity index is 980. The van der Waals surface area contributed by atoms with Crippen molar-refractivity contribution in [3.8, 4) is 5.75 Å². The Morgan fingerprint density at radius 1 is 1.35 bits per heavy atom. The zero-order chi connectivity index (χ0) is 22.0. The third-order valence-corrected chi connectivity index (χ3v) is 5.33. The Balaban J connectivity index is 1.63. The molecule has 3 heterocycles. The molecule has 1 aromatic heterocycles. The van der Waals surface area contributed by atoms with Crippen LogP contribution in [0.25, 0.3) is 0 Å². The van der Waals surface area contributed by atoms with Gasteiger partial charge in [-0.3, -0.25) is 14.5 Å². The zero-order valence-electron chi connectivity index (χ0n) is 17.7. The Labute approximate surface area is 181 Å². The van der Waals surface area contributed by atoms with E-state index in [0.717, 1.165) is 17.7 Å². The molecule has 2 aliphatic heterocycles. The van der Waals surface area contributed by atoms with Crippen LogP contribution in [0.15, 0.2) is 30.5 Å². The number of hydrogen-bond donors (Lipinski definition) is 2. The summed E-state index contributed by atoms with van der Waals surface area (Å²) in [6.07, 6.45) is 2.33. The molecule has 1 saturated heterocycles. The molecular weight excluding hydrogens is 398 g/mol. The largest absolute Gasteiger partial charge is 0.493 e. The highest BCUT2D eigenvalue weighted by Gasteiger charge is 2.29. The molecule has 0 radical (unpaired) electrons. The first-order valence-corrected chi connectivity index (χ1v) is 10.5. The van der Waals surface area contributed by atoms with E-state index in [4.69, 9.17) is 4.74 Å². The third-order valence-electron chi connectivity index (χ3n) is 5.33. The van der Waals surface area contributed by atoms with E-state index >= 15 is 0 Å². The minimum atomic E-state index is -0.522. The first kappa shape index (κ1) is 21.0. The molecule has 9 heteroatoms. The zero-order valence-corrected chi connectivity index (χ0v) is 17.7. The highest BCUT2D eigenvalue weighted by atomic mass is 16.5. The van der Waals surface area contributed by atoms with Gasteiger partial charge in [-0.1, -0.05) is 0 Å². The first-order chi connectivity index (χ1) is 14.9. The average molecular weight is 425 g/mol. The van der Waals surface area contributed by atoms with Crippen molar-refractivity contribution in [3.63, 3.8) is 0 Å². The van der Waals surface area contributed by atoms with Gasteiger partial charge in [0.15, 0.2) is 0 Å². The number of hydrogen-bond acceptors (Lipinski definition) is 7. The van der Waals surface area contributed by atoms with Gasteiger partial charge in [0, 0.05) is 37.3 Å². The number of nitrogens with one attached hydrogen (secondary N) is 1. The lowest BCUT2D eigenvalue weighted by Crippen LogP contribution is -2.43. The second-order valence-corrected chi connectivity index (χ2v) is 8.13. The summed E-state index contributed by atoms with van der Waals surface area (Å²) in [4.78, 5) is 38.0. The van der Waals surface area contributed by atoms with Crippen molar-refractivity contribution in [2.24, 2.45) is 0 Å². The number of rotatable bonds is 6. The second kappa shape index (κ2) is 8.89. The average Bonchev–Trinajstić information content (AvgIpc) is 3.39. The van der Waals surface area contributed by atoms with E-state index in [1.807, 2.05) is 19.9 Å². The van der Waals surface area contributed by atoms with Gasteiger partial charge in [0.2, 0.25) is 11.9 Å². The first-order valence-electron chi connectivity index (χ1n) is 10.5.